The highest BCUT2D eigenvalue weighted by molar-refractivity contribution is 6.30. The summed E-state index contributed by atoms with van der Waals surface area (Å²) >= 11 is 5.93. The van der Waals surface area contributed by atoms with Crippen LogP contribution in [0.4, 0.5) is 5.82 Å². The molecule has 0 atom stereocenters. The number of halogens is 1. The number of benzene rings is 1. The average Bonchev–Trinajstić information content (AvgIpc) is 2.81. The Hall–Kier alpha value is -3.08. The maximum Gasteiger partial charge on any atom is 0.142 e. The van der Waals surface area contributed by atoms with Gasteiger partial charge in [-0.15, -0.1) is 0 Å². The molecule has 116 valence electrons. The Morgan fingerprint density at radius 1 is 1.12 bits per heavy atom. The minimum Gasteiger partial charge on any atom is -0.383 e. The number of nitrogens with two attached hydrogens (primary N) is 1. The summed E-state index contributed by atoms with van der Waals surface area (Å²) in [5.41, 5.74) is 11.5. The van der Waals surface area contributed by atoms with Crippen molar-refractivity contribution < 1.29 is 0 Å². The van der Waals surface area contributed by atoms with E-state index in [1.807, 2.05) is 44.2 Å². The Morgan fingerprint density at radius 3 is 2.38 bits per heavy atom. The summed E-state index contributed by atoms with van der Waals surface area (Å²) < 4.78 is 0. The van der Waals surface area contributed by atoms with E-state index < -0.39 is 0 Å². The lowest BCUT2D eigenvalue weighted by Gasteiger charge is -2.11. The van der Waals surface area contributed by atoms with E-state index in [2.05, 4.69) is 17.1 Å². The standard InChI is InChI=1S/C19H13ClN4/c1-10-14(7-12-3-5-13(20)6-4-12)17-11(2)16(9-22)19(23)24-18(17)15(10)8-21/h3-7H,1-2H3,(H2,23,24)/b14-7-. The highest BCUT2D eigenvalue weighted by Crippen LogP contribution is 2.44. The van der Waals surface area contributed by atoms with Gasteiger partial charge in [-0.05, 0) is 54.3 Å². The molecular weight excluding hydrogens is 320 g/mol. The SMILES string of the molecule is CC1=C(C#N)c2nc(N)c(C#N)c(C)c2/C1=C\c1ccc(Cl)cc1. The van der Waals surface area contributed by atoms with Gasteiger partial charge in [-0.3, -0.25) is 0 Å². The number of rotatable bonds is 1. The highest BCUT2D eigenvalue weighted by Gasteiger charge is 2.29. The number of pyridine rings is 1. The largest absolute Gasteiger partial charge is 0.383 e. The van der Waals surface area contributed by atoms with E-state index in [0.29, 0.717) is 21.9 Å². The molecule has 5 heteroatoms. The highest BCUT2D eigenvalue weighted by atomic mass is 35.5. The molecule has 0 radical (unpaired) electrons. The van der Waals surface area contributed by atoms with Crippen LogP contribution in [0.2, 0.25) is 5.02 Å². The fraction of sp³-hybridized carbons (Fsp3) is 0.105. The number of nitrogens with zero attached hydrogens (tertiary/aromatic N) is 3. The van der Waals surface area contributed by atoms with E-state index in [0.717, 1.165) is 27.8 Å². The van der Waals surface area contributed by atoms with Gasteiger partial charge in [0.15, 0.2) is 0 Å². The van der Waals surface area contributed by atoms with Crippen LogP contribution in [0.3, 0.4) is 0 Å². The van der Waals surface area contributed by atoms with Gasteiger partial charge >= 0.3 is 0 Å². The van der Waals surface area contributed by atoms with Crippen LogP contribution in [0.15, 0.2) is 29.8 Å². The monoisotopic (exact) mass is 332 g/mol. The van der Waals surface area contributed by atoms with Gasteiger partial charge in [0.1, 0.15) is 18.0 Å². The normalized spacial score (nSPS) is 14.5. The van der Waals surface area contributed by atoms with Gasteiger partial charge in [0, 0.05) is 10.6 Å². The molecule has 0 unspecified atom stereocenters. The second kappa shape index (κ2) is 5.85. The van der Waals surface area contributed by atoms with Gasteiger partial charge < -0.3 is 5.73 Å². The predicted molar refractivity (Wildman–Crippen MR) is 95.6 cm³/mol. The molecule has 1 aliphatic rings. The molecule has 2 N–H and O–H groups in total. The summed E-state index contributed by atoms with van der Waals surface area (Å²) in [7, 11) is 0. The number of fused-ring (bicyclic) bond motifs is 1. The number of anilines is 1. The number of aromatic nitrogens is 1. The minimum absolute atomic E-state index is 0.155. The second-order valence-corrected chi connectivity index (χ2v) is 5.99. The summed E-state index contributed by atoms with van der Waals surface area (Å²) in [6.07, 6.45) is 1.97. The van der Waals surface area contributed by atoms with Crippen molar-refractivity contribution in [3.63, 3.8) is 0 Å². The molecule has 24 heavy (non-hydrogen) atoms. The molecule has 0 amide bonds. The predicted octanol–water partition coefficient (Wildman–Crippen LogP) is 4.35. The van der Waals surface area contributed by atoms with Crippen molar-refractivity contribution in [2.24, 2.45) is 0 Å². The molecular formula is C19H13ClN4. The molecule has 0 bridgehead atoms. The lowest BCUT2D eigenvalue weighted by molar-refractivity contribution is 1.22. The zero-order valence-corrected chi connectivity index (χ0v) is 13.9. The van der Waals surface area contributed by atoms with Gasteiger partial charge in [-0.2, -0.15) is 10.5 Å². The van der Waals surface area contributed by atoms with Gasteiger partial charge in [0.25, 0.3) is 0 Å². The fourth-order valence-corrected chi connectivity index (χ4v) is 3.05. The van der Waals surface area contributed by atoms with Crippen LogP contribution in [-0.4, -0.2) is 4.98 Å². The van der Waals surface area contributed by atoms with Crippen LogP contribution in [0.5, 0.6) is 0 Å². The maximum atomic E-state index is 9.51. The molecule has 0 saturated heterocycles. The van der Waals surface area contributed by atoms with Crippen molar-refractivity contribution in [1.29, 1.82) is 10.5 Å². The van der Waals surface area contributed by atoms with Crippen molar-refractivity contribution in [3.05, 3.63) is 62.8 Å². The first-order chi connectivity index (χ1) is 11.5. The van der Waals surface area contributed by atoms with Crippen LogP contribution < -0.4 is 5.73 Å². The topological polar surface area (TPSA) is 86.5 Å². The number of hydrogen-bond donors (Lipinski definition) is 1. The van der Waals surface area contributed by atoms with E-state index in [9.17, 15) is 10.5 Å². The summed E-state index contributed by atoms with van der Waals surface area (Å²) in [5, 5.41) is 19.5. The quantitative estimate of drug-likeness (QED) is 0.841. The Labute approximate surface area is 145 Å². The lowest BCUT2D eigenvalue weighted by Crippen LogP contribution is -2.03. The first-order valence-electron chi connectivity index (χ1n) is 7.27. The third-order valence-corrected chi connectivity index (χ3v) is 4.42. The molecule has 0 spiro atoms. The van der Waals surface area contributed by atoms with E-state index in [-0.39, 0.29) is 5.82 Å². The molecule has 1 aromatic carbocycles. The molecule has 0 aliphatic heterocycles. The molecule has 1 aromatic heterocycles. The second-order valence-electron chi connectivity index (χ2n) is 5.55. The van der Waals surface area contributed by atoms with Crippen LogP contribution in [0.25, 0.3) is 17.2 Å². The molecule has 3 rings (SSSR count). The first-order valence-corrected chi connectivity index (χ1v) is 7.65. The average molecular weight is 333 g/mol. The van der Waals surface area contributed by atoms with Crippen molar-refractivity contribution >= 4 is 34.6 Å². The van der Waals surface area contributed by atoms with Crippen molar-refractivity contribution in [2.45, 2.75) is 13.8 Å². The third-order valence-electron chi connectivity index (χ3n) is 4.16. The minimum atomic E-state index is 0.155. The smallest absolute Gasteiger partial charge is 0.142 e. The Bertz CT molecular complexity index is 1000. The molecule has 4 nitrogen and oxygen atoms in total. The maximum absolute atomic E-state index is 9.51. The van der Waals surface area contributed by atoms with Gasteiger partial charge in [-0.25, -0.2) is 4.98 Å². The molecule has 2 aromatic rings. The first kappa shape index (κ1) is 15.8. The number of hydrogen-bond acceptors (Lipinski definition) is 4. The van der Waals surface area contributed by atoms with E-state index >= 15 is 0 Å². The Balaban J connectivity index is 2.31. The Morgan fingerprint density at radius 2 is 1.79 bits per heavy atom. The van der Waals surface area contributed by atoms with Gasteiger partial charge in [0.2, 0.25) is 0 Å². The van der Waals surface area contributed by atoms with Crippen molar-refractivity contribution in [3.8, 4) is 12.1 Å². The number of nitrogen functional groups attached to an aromatic ring is 1. The van der Waals surface area contributed by atoms with Crippen LogP contribution in [0.1, 0.15) is 34.9 Å². The molecule has 0 fully saturated rings. The van der Waals surface area contributed by atoms with Gasteiger partial charge in [0.05, 0.1) is 16.8 Å². The van der Waals surface area contributed by atoms with E-state index in [1.54, 1.807) is 0 Å². The summed E-state index contributed by atoms with van der Waals surface area (Å²) in [4.78, 5) is 4.31. The van der Waals surface area contributed by atoms with Crippen LogP contribution in [-0.2, 0) is 0 Å². The van der Waals surface area contributed by atoms with Crippen molar-refractivity contribution in [1.82, 2.24) is 4.98 Å². The summed E-state index contributed by atoms with van der Waals surface area (Å²) in [6.45, 7) is 3.71. The molecule has 0 saturated carbocycles. The lowest BCUT2D eigenvalue weighted by atomic mass is 9.95. The fourth-order valence-electron chi connectivity index (χ4n) is 2.92. The summed E-state index contributed by atoms with van der Waals surface area (Å²) in [5.74, 6) is 0.155. The van der Waals surface area contributed by atoms with E-state index in [4.69, 9.17) is 17.3 Å². The van der Waals surface area contributed by atoms with Crippen molar-refractivity contribution in [2.75, 3.05) is 5.73 Å². The molecule has 1 aliphatic carbocycles. The van der Waals surface area contributed by atoms with Gasteiger partial charge in [-0.1, -0.05) is 23.7 Å². The van der Waals surface area contributed by atoms with Crippen LogP contribution in [0, 0.1) is 29.6 Å². The Kier molecular flexibility index (Phi) is 3.85. The summed E-state index contributed by atoms with van der Waals surface area (Å²) in [6, 6.07) is 11.7. The number of allylic oxidation sites excluding steroid dienone is 3. The number of nitriles is 2. The zero-order valence-electron chi connectivity index (χ0n) is 13.2. The van der Waals surface area contributed by atoms with Crippen LogP contribution >= 0.6 is 11.6 Å². The zero-order chi connectivity index (χ0) is 17.4. The van der Waals surface area contributed by atoms with E-state index in [1.165, 1.54) is 0 Å². The third kappa shape index (κ3) is 2.34. The molecule has 1 heterocycles.